The molecule has 0 atom stereocenters. The average Bonchev–Trinajstić information content (AvgIpc) is 1.38. The van der Waals surface area contributed by atoms with E-state index in [1.54, 1.807) is 0 Å². The second kappa shape index (κ2) is 26.9. The second-order valence-electron chi connectivity index (χ2n) is 27.9. The molecule has 0 fully saturated rings. The predicted molar refractivity (Wildman–Crippen MR) is 459 cm³/mol. The van der Waals surface area contributed by atoms with E-state index in [4.69, 9.17) is 34.3 Å². The lowest BCUT2D eigenvalue weighted by Crippen LogP contribution is -2.00. The summed E-state index contributed by atoms with van der Waals surface area (Å²) in [6.07, 6.45) is 0. The Morgan fingerprint density at radius 1 is 0.173 bits per heavy atom. The molecule has 8 heteroatoms. The summed E-state index contributed by atoms with van der Waals surface area (Å²) in [6.45, 7) is 0. The maximum absolute atomic E-state index is 6.32. The number of furan rings is 1. The monoisotopic (exact) mass is 1420 g/mol. The normalized spacial score (nSPS) is 11.6. The third-order valence-electron chi connectivity index (χ3n) is 21.4. The molecule has 0 saturated carbocycles. The van der Waals surface area contributed by atoms with Gasteiger partial charge in [0.25, 0.3) is 0 Å². The van der Waals surface area contributed by atoms with Crippen molar-refractivity contribution in [3.8, 4) is 113 Å². The lowest BCUT2D eigenvalue weighted by Gasteiger charge is -2.14. The number of fused-ring (bicyclic) bond motifs is 18. The van der Waals surface area contributed by atoms with E-state index >= 15 is 0 Å². The topological polar surface area (TPSA) is 90.5 Å². The van der Waals surface area contributed by atoms with Crippen molar-refractivity contribution in [3.05, 3.63) is 376 Å². The van der Waals surface area contributed by atoms with Gasteiger partial charge in [-0.05, 0) is 140 Å². The van der Waals surface area contributed by atoms with Gasteiger partial charge in [-0.2, -0.15) is 0 Å². The first-order valence-electron chi connectivity index (χ1n) is 37.0. The van der Waals surface area contributed by atoms with E-state index in [0.29, 0.717) is 34.9 Å². The Kier molecular flexibility index (Phi) is 15.6. The summed E-state index contributed by atoms with van der Waals surface area (Å²) < 4.78 is 8.99. The van der Waals surface area contributed by atoms with Crippen LogP contribution in [0.4, 0.5) is 0 Å². The number of hydrogen-bond acceptors (Lipinski definition) is 8. The van der Waals surface area contributed by atoms with Crippen LogP contribution in [-0.4, -0.2) is 29.9 Å². The molecule has 22 rings (SSSR count). The fourth-order valence-corrected chi connectivity index (χ4v) is 17.3. The van der Waals surface area contributed by atoms with Crippen molar-refractivity contribution in [3.63, 3.8) is 0 Å². The molecule has 0 bridgehead atoms. The number of thiophene rings is 1. The van der Waals surface area contributed by atoms with Crippen LogP contribution < -0.4 is 0 Å². The van der Waals surface area contributed by atoms with Crippen molar-refractivity contribution in [1.82, 2.24) is 29.9 Å². The fourth-order valence-electron chi connectivity index (χ4n) is 16.2. The highest BCUT2D eigenvalue weighted by Gasteiger charge is 2.21. The minimum absolute atomic E-state index is 0.641. The van der Waals surface area contributed by atoms with Crippen molar-refractivity contribution in [1.29, 1.82) is 0 Å². The van der Waals surface area contributed by atoms with E-state index < -0.39 is 0 Å². The number of aromatic nitrogens is 6. The Labute approximate surface area is 637 Å². The molecule has 0 aliphatic heterocycles. The molecule has 110 heavy (non-hydrogen) atoms. The minimum Gasteiger partial charge on any atom is -0.456 e. The number of hydrogen-bond donors (Lipinski definition) is 0. The van der Waals surface area contributed by atoms with Gasteiger partial charge < -0.3 is 4.42 Å². The molecule has 0 saturated heterocycles. The van der Waals surface area contributed by atoms with Crippen molar-refractivity contribution < 1.29 is 4.42 Å². The smallest absolute Gasteiger partial charge is 0.164 e. The van der Waals surface area contributed by atoms with Crippen LogP contribution in [0, 0.1) is 0 Å². The SMILES string of the molecule is c1ccc(-c2nc(-c3ccccc3)nc(-c3ccc(-c4ccccc4-c4ccc5c(ccc6ccc7ccc8oc9ccccc9c8c7c65)c4)cc3)n2)cc1.c1ccc(-c2nc(-c3ccccc3)nc(-c3ccc(-c4ccccc4-c4ccc5c(ccc6ccc7ccc8sc9ccccc9c8c7c65)c4)cc3)n2)cc1. The van der Waals surface area contributed by atoms with E-state index in [0.717, 1.165) is 66.6 Å². The van der Waals surface area contributed by atoms with Gasteiger partial charge in [-0.15, -0.1) is 11.3 Å². The van der Waals surface area contributed by atoms with E-state index in [1.807, 2.05) is 139 Å². The van der Waals surface area contributed by atoms with Gasteiger partial charge in [0.05, 0.1) is 0 Å². The first-order valence-corrected chi connectivity index (χ1v) is 37.9. The zero-order chi connectivity index (χ0) is 72.6. The Hall–Kier alpha value is -14.4. The van der Waals surface area contributed by atoms with Crippen LogP contribution in [0.25, 0.3) is 220 Å². The van der Waals surface area contributed by atoms with Crippen molar-refractivity contribution in [2.75, 3.05) is 0 Å². The lowest BCUT2D eigenvalue weighted by molar-refractivity contribution is 0.669. The first-order chi connectivity index (χ1) is 54.5. The standard InChI is InChI=1S/C51H31N3O.C51H31N3S/c2*1-3-11-35(12-4-1)49-52-50(36-13-5-2-6-14-36)54-51(53-49)37-24-19-32(20-25-37)40-15-7-8-16-41(40)38-27-29-42-39(31-38)26-23-33-21-22-34-28-30-45-48(47(34)46(33)42)43-17-9-10-18-44(43)55-45/h2*1-31H. The molecule has 0 radical (unpaired) electrons. The molecule has 0 N–H and O–H groups in total. The van der Waals surface area contributed by atoms with Crippen LogP contribution in [0.2, 0.25) is 0 Å². The van der Waals surface area contributed by atoms with Gasteiger partial charge in [-0.1, -0.05) is 340 Å². The molecule has 4 aromatic heterocycles. The molecule has 22 aromatic rings. The zero-order valence-corrected chi connectivity index (χ0v) is 60.1. The van der Waals surface area contributed by atoms with Crippen molar-refractivity contribution in [2.24, 2.45) is 0 Å². The van der Waals surface area contributed by atoms with Gasteiger partial charge in [-0.25, -0.2) is 29.9 Å². The van der Waals surface area contributed by atoms with Gasteiger partial charge in [0, 0.05) is 69.7 Å². The largest absolute Gasteiger partial charge is 0.456 e. The Morgan fingerprint density at radius 2 is 0.482 bits per heavy atom. The molecular weight excluding hydrogens is 1360 g/mol. The summed E-state index contributed by atoms with van der Waals surface area (Å²) in [5.41, 5.74) is 16.9. The first kappa shape index (κ1) is 64.0. The summed E-state index contributed by atoms with van der Waals surface area (Å²) in [5.74, 6) is 3.90. The molecule has 0 spiro atoms. The molecule has 18 aromatic carbocycles. The summed E-state index contributed by atoms with van der Waals surface area (Å²) in [6, 6.07) is 133. The Morgan fingerprint density at radius 3 is 0.918 bits per heavy atom. The van der Waals surface area contributed by atoms with Gasteiger partial charge in [-0.3, -0.25) is 0 Å². The number of rotatable bonds is 10. The quantitative estimate of drug-likeness (QED) is 0.126. The van der Waals surface area contributed by atoms with E-state index in [9.17, 15) is 0 Å². The van der Waals surface area contributed by atoms with Crippen LogP contribution in [0.5, 0.6) is 0 Å². The molecule has 0 aliphatic carbocycles. The van der Waals surface area contributed by atoms with Gasteiger partial charge in [0.1, 0.15) is 11.2 Å². The molecule has 512 valence electrons. The van der Waals surface area contributed by atoms with Gasteiger partial charge in [0.2, 0.25) is 0 Å². The number of nitrogens with zero attached hydrogens (tertiary/aromatic N) is 6. The maximum atomic E-state index is 6.32. The number of para-hydroxylation sites is 1. The molecule has 7 nitrogen and oxygen atoms in total. The summed E-state index contributed by atoms with van der Waals surface area (Å²) >= 11 is 1.88. The number of benzene rings is 18. The third kappa shape index (κ3) is 11.4. The molecule has 0 aliphatic rings. The van der Waals surface area contributed by atoms with Crippen LogP contribution in [0.3, 0.4) is 0 Å². The molecule has 4 heterocycles. The second-order valence-corrected chi connectivity index (χ2v) is 29.0. The highest BCUT2D eigenvalue weighted by atomic mass is 32.1. The van der Waals surface area contributed by atoms with Crippen molar-refractivity contribution >= 4 is 118 Å². The van der Waals surface area contributed by atoms with Gasteiger partial charge >= 0.3 is 0 Å². The van der Waals surface area contributed by atoms with Crippen LogP contribution in [0.1, 0.15) is 0 Å². The summed E-state index contributed by atoms with van der Waals surface area (Å²) in [4.78, 5) is 29.5. The highest BCUT2D eigenvalue weighted by molar-refractivity contribution is 7.26. The highest BCUT2D eigenvalue weighted by Crippen LogP contribution is 2.47. The minimum atomic E-state index is 0.641. The fraction of sp³-hybridized carbons (Fsp3) is 0. The van der Waals surface area contributed by atoms with Crippen LogP contribution in [0.15, 0.2) is 381 Å². The average molecular weight is 1420 g/mol. The van der Waals surface area contributed by atoms with Crippen molar-refractivity contribution in [2.45, 2.75) is 0 Å². The maximum Gasteiger partial charge on any atom is 0.164 e. The third-order valence-corrected chi connectivity index (χ3v) is 22.6. The summed E-state index contributed by atoms with van der Waals surface area (Å²) in [7, 11) is 0. The van der Waals surface area contributed by atoms with E-state index in [1.165, 1.54) is 118 Å². The zero-order valence-electron chi connectivity index (χ0n) is 59.3. The Bertz CT molecular complexity index is 6810. The van der Waals surface area contributed by atoms with Gasteiger partial charge in [0.15, 0.2) is 34.9 Å². The molecular formula is C102H62N6OS. The van der Waals surface area contributed by atoms with E-state index in [2.05, 4.69) is 249 Å². The van der Waals surface area contributed by atoms with Crippen LogP contribution >= 0.6 is 11.3 Å². The van der Waals surface area contributed by atoms with E-state index in [-0.39, 0.29) is 0 Å². The predicted octanol–water partition coefficient (Wildman–Crippen LogP) is 27.6. The lowest BCUT2D eigenvalue weighted by atomic mass is 9.90. The molecule has 0 amide bonds. The summed E-state index contributed by atoms with van der Waals surface area (Å²) in [5, 5.41) is 20.1. The van der Waals surface area contributed by atoms with Crippen LogP contribution in [-0.2, 0) is 0 Å². The Balaban J connectivity index is 0.000000140. The molecule has 0 unspecified atom stereocenters.